The lowest BCUT2D eigenvalue weighted by Crippen LogP contribution is -2.46. The minimum atomic E-state index is 1.07. The van der Waals surface area contributed by atoms with Gasteiger partial charge in [0.1, 0.15) is 0 Å². The molecule has 0 unspecified atom stereocenters. The van der Waals surface area contributed by atoms with E-state index in [1.54, 1.807) is 0 Å². The highest BCUT2D eigenvalue weighted by atomic mass is 15.3. The number of hydrogen-bond donors (Lipinski definition) is 1. The Bertz CT molecular complexity index is 630. The summed E-state index contributed by atoms with van der Waals surface area (Å²) >= 11 is 0. The molecule has 2 aliphatic heterocycles. The molecule has 0 aliphatic carbocycles. The Labute approximate surface area is 132 Å². The van der Waals surface area contributed by atoms with Crippen molar-refractivity contribution in [3.05, 3.63) is 59.7 Å². The van der Waals surface area contributed by atoms with E-state index >= 15 is 0 Å². The van der Waals surface area contributed by atoms with Crippen LogP contribution in [0.4, 0.5) is 11.4 Å². The summed E-state index contributed by atoms with van der Waals surface area (Å²) in [6.45, 7) is 6.67. The van der Waals surface area contributed by atoms with Gasteiger partial charge in [-0.05, 0) is 29.7 Å². The Balaban J connectivity index is 1.40. The SMILES string of the molecule is c1ccc(N2CCN(Cc3cccc4c3NCC4)CC2)cc1. The smallest absolute Gasteiger partial charge is 0.0419 e. The lowest BCUT2D eigenvalue weighted by molar-refractivity contribution is 0.250. The summed E-state index contributed by atoms with van der Waals surface area (Å²) < 4.78 is 0. The van der Waals surface area contributed by atoms with Crippen molar-refractivity contribution in [3.63, 3.8) is 0 Å². The number of benzene rings is 2. The zero-order valence-electron chi connectivity index (χ0n) is 13.0. The van der Waals surface area contributed by atoms with E-state index in [0.29, 0.717) is 0 Å². The number of hydrogen-bond acceptors (Lipinski definition) is 3. The predicted molar refractivity (Wildman–Crippen MR) is 92.6 cm³/mol. The molecule has 0 atom stereocenters. The molecule has 3 nitrogen and oxygen atoms in total. The van der Waals surface area contributed by atoms with Crippen LogP contribution >= 0.6 is 0 Å². The van der Waals surface area contributed by atoms with Crippen molar-refractivity contribution >= 4 is 11.4 Å². The second-order valence-corrected chi connectivity index (χ2v) is 6.23. The van der Waals surface area contributed by atoms with Gasteiger partial charge >= 0.3 is 0 Å². The average Bonchev–Trinajstić information content (AvgIpc) is 3.06. The van der Waals surface area contributed by atoms with Crippen molar-refractivity contribution in [1.82, 2.24) is 4.90 Å². The van der Waals surface area contributed by atoms with Gasteiger partial charge in [0.15, 0.2) is 0 Å². The molecule has 0 spiro atoms. The average molecular weight is 293 g/mol. The Morgan fingerprint density at radius 1 is 0.864 bits per heavy atom. The van der Waals surface area contributed by atoms with Crippen molar-refractivity contribution in [3.8, 4) is 0 Å². The lowest BCUT2D eigenvalue weighted by atomic mass is 10.1. The first kappa shape index (κ1) is 13.6. The van der Waals surface area contributed by atoms with E-state index < -0.39 is 0 Å². The van der Waals surface area contributed by atoms with Gasteiger partial charge in [0, 0.05) is 50.6 Å². The van der Waals surface area contributed by atoms with Crippen LogP contribution in [0.3, 0.4) is 0 Å². The van der Waals surface area contributed by atoms with Crippen molar-refractivity contribution in [2.24, 2.45) is 0 Å². The van der Waals surface area contributed by atoms with E-state index in [2.05, 4.69) is 63.6 Å². The van der Waals surface area contributed by atoms with Crippen LogP contribution in [0.25, 0.3) is 0 Å². The Morgan fingerprint density at radius 2 is 1.68 bits per heavy atom. The van der Waals surface area contributed by atoms with Crippen LogP contribution in [0.2, 0.25) is 0 Å². The van der Waals surface area contributed by atoms with Gasteiger partial charge < -0.3 is 10.2 Å². The number of rotatable bonds is 3. The molecular weight excluding hydrogens is 270 g/mol. The summed E-state index contributed by atoms with van der Waals surface area (Å²) in [6.07, 6.45) is 1.17. The Kier molecular flexibility index (Phi) is 3.73. The first-order valence-corrected chi connectivity index (χ1v) is 8.27. The molecule has 1 N–H and O–H groups in total. The zero-order valence-corrected chi connectivity index (χ0v) is 13.0. The van der Waals surface area contributed by atoms with Crippen molar-refractivity contribution in [1.29, 1.82) is 0 Å². The van der Waals surface area contributed by atoms with Gasteiger partial charge in [0.25, 0.3) is 0 Å². The third kappa shape index (κ3) is 2.69. The number of para-hydroxylation sites is 2. The van der Waals surface area contributed by atoms with Crippen LogP contribution in [0.15, 0.2) is 48.5 Å². The predicted octanol–water partition coefficient (Wildman–Crippen LogP) is 2.98. The molecule has 2 aromatic rings. The van der Waals surface area contributed by atoms with Gasteiger partial charge in [-0.25, -0.2) is 0 Å². The maximum Gasteiger partial charge on any atom is 0.0419 e. The Morgan fingerprint density at radius 3 is 2.50 bits per heavy atom. The highest BCUT2D eigenvalue weighted by molar-refractivity contribution is 5.61. The molecule has 0 bridgehead atoms. The normalized spacial score (nSPS) is 18.1. The summed E-state index contributed by atoms with van der Waals surface area (Å²) in [5.41, 5.74) is 5.70. The third-order valence-electron chi connectivity index (χ3n) is 4.82. The molecule has 2 heterocycles. The maximum atomic E-state index is 3.56. The van der Waals surface area contributed by atoms with E-state index in [1.807, 2.05) is 0 Å². The Hall–Kier alpha value is -2.00. The lowest BCUT2D eigenvalue weighted by Gasteiger charge is -2.36. The van der Waals surface area contributed by atoms with Crippen LogP contribution in [0.1, 0.15) is 11.1 Å². The standard InChI is InChI=1S/C19H23N3/c1-2-7-18(8-3-1)22-13-11-21(12-14-22)15-17-6-4-5-16-9-10-20-19(16)17/h1-8,20H,9-15H2. The fourth-order valence-electron chi connectivity index (χ4n) is 3.59. The molecule has 2 aromatic carbocycles. The number of fused-ring (bicyclic) bond motifs is 1. The van der Waals surface area contributed by atoms with Gasteiger partial charge in [-0.2, -0.15) is 0 Å². The quantitative estimate of drug-likeness (QED) is 0.938. The molecule has 0 amide bonds. The number of anilines is 2. The molecule has 1 saturated heterocycles. The van der Waals surface area contributed by atoms with E-state index in [0.717, 1.165) is 39.3 Å². The molecule has 2 aliphatic rings. The molecular formula is C19H23N3. The summed E-state index contributed by atoms with van der Waals surface area (Å²) in [5, 5.41) is 3.56. The van der Waals surface area contributed by atoms with Crippen molar-refractivity contribution in [2.45, 2.75) is 13.0 Å². The highest BCUT2D eigenvalue weighted by Gasteiger charge is 2.20. The topological polar surface area (TPSA) is 18.5 Å². The number of nitrogens with one attached hydrogen (secondary N) is 1. The van der Waals surface area contributed by atoms with Crippen LogP contribution < -0.4 is 10.2 Å². The summed E-state index contributed by atoms with van der Waals surface area (Å²) in [6, 6.07) is 17.5. The molecule has 1 fully saturated rings. The van der Waals surface area contributed by atoms with Gasteiger partial charge in [0.2, 0.25) is 0 Å². The monoisotopic (exact) mass is 293 g/mol. The van der Waals surface area contributed by atoms with Crippen LogP contribution in [0.5, 0.6) is 0 Å². The molecule has 3 heteroatoms. The van der Waals surface area contributed by atoms with Crippen LogP contribution in [-0.4, -0.2) is 37.6 Å². The summed E-state index contributed by atoms with van der Waals surface area (Å²) in [5.74, 6) is 0. The van der Waals surface area contributed by atoms with Gasteiger partial charge in [-0.15, -0.1) is 0 Å². The van der Waals surface area contributed by atoms with Crippen LogP contribution in [0, 0.1) is 0 Å². The highest BCUT2D eigenvalue weighted by Crippen LogP contribution is 2.27. The third-order valence-corrected chi connectivity index (χ3v) is 4.82. The first-order chi connectivity index (χ1) is 10.9. The van der Waals surface area contributed by atoms with Gasteiger partial charge in [-0.3, -0.25) is 4.90 Å². The van der Waals surface area contributed by atoms with E-state index in [4.69, 9.17) is 0 Å². The fraction of sp³-hybridized carbons (Fsp3) is 0.368. The van der Waals surface area contributed by atoms with E-state index in [1.165, 1.54) is 28.9 Å². The summed E-state index contributed by atoms with van der Waals surface area (Å²) in [7, 11) is 0. The molecule has 22 heavy (non-hydrogen) atoms. The van der Waals surface area contributed by atoms with Crippen molar-refractivity contribution < 1.29 is 0 Å². The van der Waals surface area contributed by atoms with Crippen LogP contribution in [-0.2, 0) is 13.0 Å². The minimum absolute atomic E-state index is 1.07. The van der Waals surface area contributed by atoms with Gasteiger partial charge in [-0.1, -0.05) is 36.4 Å². The second-order valence-electron chi connectivity index (χ2n) is 6.23. The molecule has 0 saturated carbocycles. The van der Waals surface area contributed by atoms with Gasteiger partial charge in [0.05, 0.1) is 0 Å². The van der Waals surface area contributed by atoms with E-state index in [-0.39, 0.29) is 0 Å². The molecule has 0 radical (unpaired) electrons. The van der Waals surface area contributed by atoms with Crippen molar-refractivity contribution in [2.75, 3.05) is 42.9 Å². The zero-order chi connectivity index (χ0) is 14.8. The molecule has 114 valence electrons. The fourth-order valence-corrected chi connectivity index (χ4v) is 3.59. The number of piperazine rings is 1. The van der Waals surface area contributed by atoms with E-state index in [9.17, 15) is 0 Å². The largest absolute Gasteiger partial charge is 0.384 e. The minimum Gasteiger partial charge on any atom is -0.384 e. The second kappa shape index (κ2) is 6.01. The molecule has 4 rings (SSSR count). The first-order valence-electron chi connectivity index (χ1n) is 8.27. The number of nitrogens with zero attached hydrogens (tertiary/aromatic N) is 2. The maximum absolute atomic E-state index is 3.56. The summed E-state index contributed by atoms with van der Waals surface area (Å²) in [4.78, 5) is 5.07. The molecule has 0 aromatic heterocycles.